The third kappa shape index (κ3) is 3.48. The summed E-state index contributed by atoms with van der Waals surface area (Å²) in [6.45, 7) is 1.79. The number of nitrogens with one attached hydrogen (secondary N) is 1. The lowest BCUT2D eigenvalue weighted by Crippen LogP contribution is -2.40. The van der Waals surface area contributed by atoms with E-state index in [1.165, 1.54) is 6.07 Å². The lowest BCUT2D eigenvalue weighted by atomic mass is 9.93. The van der Waals surface area contributed by atoms with Gasteiger partial charge in [0.05, 0.1) is 5.02 Å². The predicted molar refractivity (Wildman–Crippen MR) is 76.7 cm³/mol. The standard InChI is InChI=1S/C13H19ClN2O2S/c1-9-3-2-4-12(13(9)14)19(17,18)16-11-7-5-10(15)6-8-11/h2-4,10-11,16H,5-8,15H2,1H3. The van der Waals surface area contributed by atoms with E-state index in [1.54, 1.807) is 19.1 Å². The van der Waals surface area contributed by atoms with Gasteiger partial charge >= 0.3 is 0 Å². The van der Waals surface area contributed by atoms with Crippen molar-refractivity contribution in [2.24, 2.45) is 5.73 Å². The van der Waals surface area contributed by atoms with E-state index < -0.39 is 10.0 Å². The molecule has 1 aliphatic carbocycles. The van der Waals surface area contributed by atoms with Gasteiger partial charge in [-0.3, -0.25) is 0 Å². The van der Waals surface area contributed by atoms with Crippen molar-refractivity contribution in [1.29, 1.82) is 0 Å². The van der Waals surface area contributed by atoms with Gasteiger partial charge in [-0.1, -0.05) is 23.7 Å². The molecular formula is C13H19ClN2O2S. The summed E-state index contributed by atoms with van der Waals surface area (Å²) in [5.41, 5.74) is 6.58. The average molecular weight is 303 g/mol. The van der Waals surface area contributed by atoms with Crippen molar-refractivity contribution >= 4 is 21.6 Å². The van der Waals surface area contributed by atoms with E-state index in [-0.39, 0.29) is 17.0 Å². The monoisotopic (exact) mass is 302 g/mol. The highest BCUT2D eigenvalue weighted by atomic mass is 35.5. The van der Waals surface area contributed by atoms with Crippen LogP contribution in [-0.4, -0.2) is 20.5 Å². The third-order valence-corrected chi connectivity index (χ3v) is 5.72. The summed E-state index contributed by atoms with van der Waals surface area (Å²) >= 11 is 6.08. The highest BCUT2D eigenvalue weighted by molar-refractivity contribution is 7.89. The van der Waals surface area contributed by atoms with Gasteiger partial charge < -0.3 is 5.73 Å². The van der Waals surface area contributed by atoms with Crippen LogP contribution < -0.4 is 10.5 Å². The number of hydrogen-bond acceptors (Lipinski definition) is 3. The van der Waals surface area contributed by atoms with Gasteiger partial charge in [0.15, 0.2) is 0 Å². The summed E-state index contributed by atoms with van der Waals surface area (Å²) in [5, 5.41) is 0.294. The lowest BCUT2D eigenvalue weighted by Gasteiger charge is -2.26. The maximum absolute atomic E-state index is 12.3. The Labute approximate surface area is 119 Å². The summed E-state index contributed by atoms with van der Waals surface area (Å²) in [6.07, 6.45) is 3.27. The van der Waals surface area contributed by atoms with E-state index in [9.17, 15) is 8.42 Å². The van der Waals surface area contributed by atoms with Crippen LogP contribution >= 0.6 is 11.6 Å². The second-order valence-electron chi connectivity index (χ2n) is 5.12. The van der Waals surface area contributed by atoms with Gasteiger partial charge in [0.1, 0.15) is 4.90 Å². The number of hydrogen-bond donors (Lipinski definition) is 2. The number of halogens is 1. The van der Waals surface area contributed by atoms with Crippen molar-refractivity contribution in [3.05, 3.63) is 28.8 Å². The van der Waals surface area contributed by atoms with Crippen molar-refractivity contribution in [3.8, 4) is 0 Å². The van der Waals surface area contributed by atoms with Crippen LogP contribution in [0.2, 0.25) is 5.02 Å². The van der Waals surface area contributed by atoms with E-state index in [2.05, 4.69) is 4.72 Å². The van der Waals surface area contributed by atoms with Crippen molar-refractivity contribution in [2.75, 3.05) is 0 Å². The van der Waals surface area contributed by atoms with Gasteiger partial charge in [0.2, 0.25) is 10.0 Å². The molecule has 3 N–H and O–H groups in total. The number of benzene rings is 1. The molecule has 0 aromatic heterocycles. The lowest BCUT2D eigenvalue weighted by molar-refractivity contribution is 0.373. The van der Waals surface area contributed by atoms with E-state index in [0.29, 0.717) is 5.02 Å². The van der Waals surface area contributed by atoms with Crippen LogP contribution in [0.25, 0.3) is 0 Å². The number of nitrogens with two attached hydrogens (primary N) is 1. The Morgan fingerprint density at radius 3 is 2.53 bits per heavy atom. The molecule has 1 aliphatic rings. The molecule has 0 bridgehead atoms. The highest BCUT2D eigenvalue weighted by Gasteiger charge is 2.25. The van der Waals surface area contributed by atoms with Gasteiger partial charge in [0, 0.05) is 12.1 Å². The Bertz CT molecular complexity index is 552. The molecule has 1 fully saturated rings. The first kappa shape index (κ1) is 14.8. The van der Waals surface area contributed by atoms with Crippen LogP contribution in [0.3, 0.4) is 0 Å². The third-order valence-electron chi connectivity index (χ3n) is 3.54. The van der Waals surface area contributed by atoms with Crippen LogP contribution in [-0.2, 0) is 10.0 Å². The average Bonchev–Trinajstić information content (AvgIpc) is 2.35. The molecule has 0 radical (unpaired) electrons. The minimum absolute atomic E-state index is 0.0404. The van der Waals surface area contributed by atoms with E-state index >= 15 is 0 Å². The Morgan fingerprint density at radius 2 is 1.89 bits per heavy atom. The van der Waals surface area contributed by atoms with E-state index in [4.69, 9.17) is 17.3 Å². The molecule has 19 heavy (non-hydrogen) atoms. The molecule has 0 aliphatic heterocycles. The first-order chi connectivity index (χ1) is 8.90. The quantitative estimate of drug-likeness (QED) is 0.899. The van der Waals surface area contributed by atoms with E-state index in [0.717, 1.165) is 31.2 Å². The molecule has 6 heteroatoms. The molecule has 0 heterocycles. The van der Waals surface area contributed by atoms with Crippen LogP contribution in [0.15, 0.2) is 23.1 Å². The summed E-state index contributed by atoms with van der Waals surface area (Å²) in [7, 11) is -3.55. The van der Waals surface area contributed by atoms with Gasteiger partial charge in [-0.25, -0.2) is 13.1 Å². The number of sulfonamides is 1. The molecule has 2 rings (SSSR count). The molecular weight excluding hydrogens is 284 g/mol. The molecule has 1 aromatic rings. The fraction of sp³-hybridized carbons (Fsp3) is 0.538. The van der Waals surface area contributed by atoms with Crippen molar-refractivity contribution < 1.29 is 8.42 Å². The SMILES string of the molecule is Cc1cccc(S(=O)(=O)NC2CCC(N)CC2)c1Cl. The molecule has 0 saturated heterocycles. The topological polar surface area (TPSA) is 72.2 Å². The molecule has 0 unspecified atom stereocenters. The first-order valence-corrected chi connectivity index (χ1v) is 8.29. The summed E-state index contributed by atoms with van der Waals surface area (Å²) in [5.74, 6) is 0. The Kier molecular flexibility index (Phi) is 4.50. The summed E-state index contributed by atoms with van der Waals surface area (Å²) in [4.78, 5) is 0.157. The maximum Gasteiger partial charge on any atom is 0.242 e. The first-order valence-electron chi connectivity index (χ1n) is 6.43. The predicted octanol–water partition coefficient (Wildman–Crippen LogP) is 2.20. The van der Waals surface area contributed by atoms with Crippen LogP contribution in [0.1, 0.15) is 31.2 Å². The Hall–Kier alpha value is -0.620. The number of rotatable bonds is 3. The molecule has 1 aromatic carbocycles. The zero-order chi connectivity index (χ0) is 14.0. The second kappa shape index (κ2) is 5.79. The fourth-order valence-electron chi connectivity index (χ4n) is 2.35. The fourth-order valence-corrected chi connectivity index (χ4v) is 4.23. The highest BCUT2D eigenvalue weighted by Crippen LogP contribution is 2.26. The van der Waals surface area contributed by atoms with Crippen molar-refractivity contribution in [3.63, 3.8) is 0 Å². The zero-order valence-electron chi connectivity index (χ0n) is 10.9. The normalized spacial score (nSPS) is 24.4. The molecule has 4 nitrogen and oxygen atoms in total. The summed E-state index contributed by atoms with van der Waals surface area (Å²) in [6, 6.07) is 5.18. The number of aryl methyl sites for hydroxylation is 1. The van der Waals surface area contributed by atoms with Gasteiger partial charge in [-0.05, 0) is 44.2 Å². The van der Waals surface area contributed by atoms with Gasteiger partial charge in [-0.2, -0.15) is 0 Å². The van der Waals surface area contributed by atoms with Crippen LogP contribution in [0, 0.1) is 6.92 Å². The largest absolute Gasteiger partial charge is 0.328 e. The molecule has 0 atom stereocenters. The second-order valence-corrected chi connectivity index (χ2v) is 7.18. The van der Waals surface area contributed by atoms with Crippen LogP contribution in [0.4, 0.5) is 0 Å². The minimum atomic E-state index is -3.55. The van der Waals surface area contributed by atoms with Crippen LogP contribution in [0.5, 0.6) is 0 Å². The minimum Gasteiger partial charge on any atom is -0.328 e. The van der Waals surface area contributed by atoms with Gasteiger partial charge in [-0.15, -0.1) is 0 Å². The molecule has 0 spiro atoms. The van der Waals surface area contributed by atoms with Crippen molar-refractivity contribution in [2.45, 2.75) is 49.6 Å². The summed E-state index contributed by atoms with van der Waals surface area (Å²) < 4.78 is 27.4. The van der Waals surface area contributed by atoms with Crippen molar-refractivity contribution in [1.82, 2.24) is 4.72 Å². The molecule has 0 amide bonds. The Balaban J connectivity index is 2.16. The maximum atomic E-state index is 12.3. The van der Waals surface area contributed by atoms with E-state index in [1.807, 2.05) is 0 Å². The zero-order valence-corrected chi connectivity index (χ0v) is 12.5. The molecule has 106 valence electrons. The Morgan fingerprint density at radius 1 is 1.26 bits per heavy atom. The van der Waals surface area contributed by atoms with Gasteiger partial charge in [0.25, 0.3) is 0 Å². The smallest absolute Gasteiger partial charge is 0.242 e. The molecule has 1 saturated carbocycles.